The van der Waals surface area contributed by atoms with Crippen molar-refractivity contribution in [2.45, 2.75) is 24.6 Å². The molecule has 0 radical (unpaired) electrons. The Bertz CT molecular complexity index is 205. The van der Waals surface area contributed by atoms with Gasteiger partial charge in [-0.05, 0) is 12.8 Å². The fourth-order valence-corrected chi connectivity index (χ4v) is 1.96. The molecule has 2 saturated heterocycles. The van der Waals surface area contributed by atoms with Gasteiger partial charge in [-0.1, -0.05) is 0 Å². The lowest BCUT2D eigenvalue weighted by atomic mass is 9.81. The van der Waals surface area contributed by atoms with Gasteiger partial charge in [0.05, 0.1) is 11.5 Å². The van der Waals surface area contributed by atoms with Crippen LogP contribution in [0, 0.1) is 5.92 Å². The average molecular weight is 232 g/mol. The van der Waals surface area contributed by atoms with Crippen LogP contribution >= 0.6 is 12.4 Å². The smallest absolute Gasteiger partial charge is 0.372 e. The summed E-state index contributed by atoms with van der Waals surface area (Å²) < 4.78 is 42.5. The molecule has 14 heavy (non-hydrogen) atoms. The molecule has 1 atom stereocenters. The predicted molar refractivity (Wildman–Crippen MR) is 47.6 cm³/mol. The molecule has 2 aliphatic heterocycles. The van der Waals surface area contributed by atoms with Gasteiger partial charge in [0.1, 0.15) is 0 Å². The molecule has 6 heteroatoms. The van der Waals surface area contributed by atoms with E-state index >= 15 is 0 Å². The second-order valence-electron chi connectivity index (χ2n) is 3.87. The molecule has 1 unspecified atom stereocenters. The van der Waals surface area contributed by atoms with Gasteiger partial charge in [0.2, 0.25) is 0 Å². The van der Waals surface area contributed by atoms with Crippen molar-refractivity contribution in [1.82, 2.24) is 5.32 Å². The minimum Gasteiger partial charge on any atom is -0.372 e. The number of rotatable bonds is 0. The highest BCUT2D eigenvalue weighted by Crippen LogP contribution is 2.40. The Balaban J connectivity index is 0.000000980. The van der Waals surface area contributed by atoms with Gasteiger partial charge in [0.15, 0.2) is 0 Å². The lowest BCUT2D eigenvalue weighted by Gasteiger charge is -2.47. The molecule has 0 aromatic rings. The quantitative estimate of drug-likeness (QED) is 0.686. The maximum absolute atomic E-state index is 12.4. The summed E-state index contributed by atoms with van der Waals surface area (Å²) in [4.78, 5) is 0. The van der Waals surface area contributed by atoms with Crippen LogP contribution in [0.5, 0.6) is 0 Å². The van der Waals surface area contributed by atoms with Crippen molar-refractivity contribution in [3.8, 4) is 0 Å². The molecule has 2 nitrogen and oxygen atoms in total. The Morgan fingerprint density at radius 3 is 2.36 bits per heavy atom. The number of ether oxygens (including phenoxy) is 1. The highest BCUT2D eigenvalue weighted by atomic mass is 35.5. The lowest BCUT2D eigenvalue weighted by molar-refractivity contribution is -0.227. The molecular formula is C8H13ClF3NO. The van der Waals surface area contributed by atoms with Crippen molar-refractivity contribution >= 4 is 12.4 Å². The molecule has 1 spiro atoms. The predicted octanol–water partition coefficient (Wildman–Crippen LogP) is 1.74. The zero-order valence-corrected chi connectivity index (χ0v) is 8.38. The number of nitrogens with one attached hydrogen (secondary N) is 1. The van der Waals surface area contributed by atoms with E-state index in [1.807, 2.05) is 0 Å². The van der Waals surface area contributed by atoms with Crippen molar-refractivity contribution in [1.29, 1.82) is 0 Å². The zero-order valence-electron chi connectivity index (χ0n) is 7.56. The van der Waals surface area contributed by atoms with Crippen LogP contribution in [-0.2, 0) is 4.74 Å². The highest BCUT2D eigenvalue weighted by molar-refractivity contribution is 5.85. The van der Waals surface area contributed by atoms with Crippen molar-refractivity contribution < 1.29 is 17.9 Å². The topological polar surface area (TPSA) is 21.3 Å². The molecule has 2 aliphatic rings. The van der Waals surface area contributed by atoms with Crippen LogP contribution in [0.3, 0.4) is 0 Å². The molecule has 2 heterocycles. The number of hydrogen-bond acceptors (Lipinski definition) is 2. The van der Waals surface area contributed by atoms with Gasteiger partial charge in [0.25, 0.3) is 0 Å². The van der Waals surface area contributed by atoms with E-state index in [4.69, 9.17) is 4.74 Å². The van der Waals surface area contributed by atoms with Gasteiger partial charge in [-0.3, -0.25) is 0 Å². The molecule has 2 rings (SSSR count). The lowest BCUT2D eigenvalue weighted by Crippen LogP contribution is -2.64. The summed E-state index contributed by atoms with van der Waals surface area (Å²) in [6.45, 7) is 1.38. The number of alkyl halides is 3. The first-order valence-electron chi connectivity index (χ1n) is 4.43. The third-order valence-corrected chi connectivity index (χ3v) is 2.85. The minimum absolute atomic E-state index is 0. The summed E-state index contributed by atoms with van der Waals surface area (Å²) in [5.74, 6) is -1.16. The van der Waals surface area contributed by atoms with Crippen molar-refractivity contribution in [3.63, 3.8) is 0 Å². The van der Waals surface area contributed by atoms with Gasteiger partial charge in [0, 0.05) is 19.7 Å². The van der Waals surface area contributed by atoms with Crippen LogP contribution in [0.15, 0.2) is 0 Å². The van der Waals surface area contributed by atoms with E-state index in [9.17, 15) is 13.2 Å². The molecule has 0 amide bonds. The zero-order chi connectivity index (χ0) is 9.53. The molecule has 2 fully saturated rings. The van der Waals surface area contributed by atoms with E-state index < -0.39 is 17.7 Å². The van der Waals surface area contributed by atoms with Gasteiger partial charge < -0.3 is 10.1 Å². The first kappa shape index (κ1) is 12.1. The van der Waals surface area contributed by atoms with E-state index in [2.05, 4.69) is 5.32 Å². The van der Waals surface area contributed by atoms with Crippen LogP contribution in [0.1, 0.15) is 12.8 Å². The first-order chi connectivity index (χ1) is 6.02. The van der Waals surface area contributed by atoms with E-state index in [0.29, 0.717) is 13.1 Å². The summed E-state index contributed by atoms with van der Waals surface area (Å²) in [7, 11) is 0. The van der Waals surface area contributed by atoms with Crippen LogP contribution in [0.25, 0.3) is 0 Å². The van der Waals surface area contributed by atoms with E-state index in [1.165, 1.54) is 0 Å². The number of hydrogen-bond donors (Lipinski definition) is 1. The second-order valence-corrected chi connectivity index (χ2v) is 3.87. The summed E-state index contributed by atoms with van der Waals surface area (Å²) in [6.07, 6.45) is -3.80. The second kappa shape index (κ2) is 3.87. The van der Waals surface area contributed by atoms with Crippen LogP contribution in [-0.4, -0.2) is 31.5 Å². The summed E-state index contributed by atoms with van der Waals surface area (Å²) >= 11 is 0. The normalized spacial score (nSPS) is 30.6. The third-order valence-electron chi connectivity index (χ3n) is 2.85. The molecule has 0 aromatic heterocycles. The maximum atomic E-state index is 12.4. The Hall–Kier alpha value is -0.0000000000000000416. The first-order valence-corrected chi connectivity index (χ1v) is 4.43. The van der Waals surface area contributed by atoms with Crippen molar-refractivity contribution in [3.05, 3.63) is 0 Å². The van der Waals surface area contributed by atoms with Gasteiger partial charge in [-0.25, -0.2) is 0 Å². The summed E-state index contributed by atoms with van der Waals surface area (Å²) in [5, 5.41) is 2.95. The van der Waals surface area contributed by atoms with Gasteiger partial charge in [-0.2, -0.15) is 13.2 Å². The SMILES string of the molecule is Cl.FC(F)(F)C1CCOC2(CNC2)C1. The maximum Gasteiger partial charge on any atom is 0.392 e. The minimum atomic E-state index is -4.05. The highest BCUT2D eigenvalue weighted by Gasteiger charge is 2.50. The Kier molecular flexibility index (Phi) is 3.33. The van der Waals surface area contributed by atoms with Crippen LogP contribution in [0.2, 0.25) is 0 Å². The van der Waals surface area contributed by atoms with Gasteiger partial charge >= 0.3 is 6.18 Å². The molecular weight excluding hydrogens is 219 g/mol. The van der Waals surface area contributed by atoms with Crippen LogP contribution in [0.4, 0.5) is 13.2 Å². The van der Waals surface area contributed by atoms with Crippen LogP contribution < -0.4 is 5.32 Å². The Morgan fingerprint density at radius 2 is 1.93 bits per heavy atom. The van der Waals surface area contributed by atoms with Crippen molar-refractivity contribution in [2.24, 2.45) is 5.92 Å². The molecule has 0 aliphatic carbocycles. The fraction of sp³-hybridized carbons (Fsp3) is 1.00. The van der Waals surface area contributed by atoms with E-state index in [0.717, 1.165) is 0 Å². The monoisotopic (exact) mass is 231 g/mol. The Labute approximate surface area is 86.6 Å². The molecule has 84 valence electrons. The van der Waals surface area contributed by atoms with Crippen molar-refractivity contribution in [2.75, 3.05) is 19.7 Å². The van der Waals surface area contributed by atoms with E-state index in [1.54, 1.807) is 0 Å². The largest absolute Gasteiger partial charge is 0.392 e. The molecule has 0 bridgehead atoms. The molecule has 0 saturated carbocycles. The standard InChI is InChI=1S/C8H12F3NO.ClH/c9-8(10,11)6-1-2-13-7(3-6)4-12-5-7;/h6,12H,1-5H2;1H. The Morgan fingerprint density at radius 1 is 1.29 bits per heavy atom. The average Bonchev–Trinajstić information content (AvgIpc) is 2.00. The third kappa shape index (κ3) is 2.15. The molecule has 1 N–H and O–H groups in total. The fourth-order valence-electron chi connectivity index (χ4n) is 1.96. The van der Waals surface area contributed by atoms with E-state index in [-0.39, 0.29) is 31.9 Å². The van der Waals surface area contributed by atoms with Gasteiger partial charge in [-0.15, -0.1) is 12.4 Å². The summed E-state index contributed by atoms with van der Waals surface area (Å²) in [5.41, 5.74) is -0.502. The molecule has 0 aromatic carbocycles. The number of halogens is 4. The summed E-state index contributed by atoms with van der Waals surface area (Å²) in [6, 6.07) is 0.